The second-order valence-electron chi connectivity index (χ2n) is 7.45. The van der Waals surface area contributed by atoms with Crippen molar-refractivity contribution in [3.05, 3.63) is 54.2 Å². The number of aromatic nitrogens is 1. The maximum Gasteiger partial charge on any atom is 0.257 e. The lowest BCUT2D eigenvalue weighted by atomic mass is 9.73. The van der Waals surface area contributed by atoms with E-state index in [4.69, 9.17) is 4.42 Å². The Balaban J connectivity index is 1.48. The van der Waals surface area contributed by atoms with E-state index in [1.165, 1.54) is 12.5 Å². The highest BCUT2D eigenvalue weighted by molar-refractivity contribution is 5.94. The first-order valence-electron chi connectivity index (χ1n) is 9.13. The van der Waals surface area contributed by atoms with E-state index in [-0.39, 0.29) is 17.2 Å². The number of nitrogens with zero attached hydrogens (tertiary/aromatic N) is 3. The van der Waals surface area contributed by atoms with E-state index in [1.54, 1.807) is 18.5 Å². The van der Waals surface area contributed by atoms with Gasteiger partial charge < -0.3 is 14.2 Å². The molecule has 1 atom stereocenters. The topological polar surface area (TPSA) is 66.7 Å². The quantitative estimate of drug-likeness (QED) is 0.851. The molecule has 2 aliphatic rings. The number of piperidine rings is 2. The minimum Gasteiger partial charge on any atom is -0.472 e. The fraction of sp³-hybridized carbons (Fsp3) is 0.450. The number of amides is 2. The molecule has 2 aliphatic heterocycles. The first-order chi connectivity index (χ1) is 12.7. The molecule has 2 fully saturated rings. The van der Waals surface area contributed by atoms with Crippen LogP contribution in [0.1, 0.15) is 41.6 Å². The van der Waals surface area contributed by atoms with Gasteiger partial charge in [0.2, 0.25) is 5.91 Å². The van der Waals surface area contributed by atoms with Crippen LogP contribution in [0, 0.1) is 5.41 Å². The molecule has 2 aromatic rings. The van der Waals surface area contributed by atoms with Crippen molar-refractivity contribution in [1.82, 2.24) is 14.8 Å². The van der Waals surface area contributed by atoms with Crippen molar-refractivity contribution >= 4 is 11.8 Å². The van der Waals surface area contributed by atoms with E-state index < -0.39 is 0 Å². The van der Waals surface area contributed by atoms with Crippen LogP contribution in [0.25, 0.3) is 0 Å². The average molecular weight is 353 g/mol. The number of rotatable bonds is 3. The highest BCUT2D eigenvalue weighted by atomic mass is 16.3. The van der Waals surface area contributed by atoms with Crippen LogP contribution in [-0.2, 0) is 11.3 Å². The van der Waals surface area contributed by atoms with Gasteiger partial charge in [-0.3, -0.25) is 14.6 Å². The number of likely N-dealkylation sites (tertiary alicyclic amines) is 2. The van der Waals surface area contributed by atoms with Crippen molar-refractivity contribution in [1.29, 1.82) is 0 Å². The van der Waals surface area contributed by atoms with Gasteiger partial charge in [-0.05, 0) is 43.0 Å². The molecule has 0 aromatic carbocycles. The minimum absolute atomic E-state index is 0.00140. The number of hydrogen-bond acceptors (Lipinski definition) is 4. The third-order valence-corrected chi connectivity index (χ3v) is 5.59. The number of carbonyl (C=O) groups is 2. The van der Waals surface area contributed by atoms with Crippen LogP contribution in [0.15, 0.2) is 47.5 Å². The minimum atomic E-state index is -0.00140. The third-order valence-electron chi connectivity index (χ3n) is 5.59. The Morgan fingerprint density at radius 3 is 2.81 bits per heavy atom. The van der Waals surface area contributed by atoms with Crippen molar-refractivity contribution in [2.45, 2.75) is 32.2 Å². The van der Waals surface area contributed by atoms with Crippen molar-refractivity contribution in [3.63, 3.8) is 0 Å². The summed E-state index contributed by atoms with van der Waals surface area (Å²) in [6.07, 6.45) is 9.99. The molecule has 0 bridgehead atoms. The van der Waals surface area contributed by atoms with E-state index >= 15 is 0 Å². The van der Waals surface area contributed by atoms with E-state index in [0.717, 1.165) is 31.4 Å². The lowest BCUT2D eigenvalue weighted by Gasteiger charge is -2.48. The first kappa shape index (κ1) is 16.8. The smallest absolute Gasteiger partial charge is 0.257 e. The Hall–Kier alpha value is -2.63. The third kappa shape index (κ3) is 3.36. The highest BCUT2D eigenvalue weighted by Gasteiger charge is 2.42. The van der Waals surface area contributed by atoms with Gasteiger partial charge >= 0.3 is 0 Å². The van der Waals surface area contributed by atoms with Crippen LogP contribution < -0.4 is 0 Å². The van der Waals surface area contributed by atoms with Gasteiger partial charge in [-0.2, -0.15) is 0 Å². The SMILES string of the molecule is O=C1CC[C@@]2(CCCN(C(=O)c3ccoc3)C2)CN1Cc1ccncc1. The lowest BCUT2D eigenvalue weighted by Crippen LogP contribution is -2.54. The van der Waals surface area contributed by atoms with Gasteiger partial charge in [0.05, 0.1) is 11.8 Å². The number of carbonyl (C=O) groups excluding carboxylic acids is 2. The molecule has 2 aromatic heterocycles. The molecule has 4 rings (SSSR count). The zero-order valence-electron chi connectivity index (χ0n) is 14.8. The Labute approximate surface area is 152 Å². The summed E-state index contributed by atoms with van der Waals surface area (Å²) < 4.78 is 5.06. The summed E-state index contributed by atoms with van der Waals surface area (Å²) in [5.41, 5.74) is 1.69. The molecular formula is C20H23N3O3. The van der Waals surface area contributed by atoms with Crippen LogP contribution in [0.3, 0.4) is 0 Å². The molecule has 1 spiro atoms. The molecule has 0 saturated carbocycles. The molecule has 2 saturated heterocycles. The number of pyridine rings is 1. The zero-order chi connectivity index (χ0) is 18.0. The van der Waals surface area contributed by atoms with Crippen molar-refractivity contribution in [2.24, 2.45) is 5.41 Å². The molecule has 26 heavy (non-hydrogen) atoms. The number of hydrogen-bond donors (Lipinski definition) is 0. The van der Waals surface area contributed by atoms with E-state index in [1.807, 2.05) is 21.9 Å². The summed E-state index contributed by atoms with van der Waals surface area (Å²) in [7, 11) is 0. The molecule has 0 aliphatic carbocycles. The largest absolute Gasteiger partial charge is 0.472 e. The predicted molar refractivity (Wildman–Crippen MR) is 95.2 cm³/mol. The Morgan fingerprint density at radius 1 is 1.19 bits per heavy atom. The van der Waals surface area contributed by atoms with Gasteiger partial charge in [-0.25, -0.2) is 0 Å². The maximum absolute atomic E-state index is 12.7. The van der Waals surface area contributed by atoms with Crippen LogP contribution in [0.2, 0.25) is 0 Å². The van der Waals surface area contributed by atoms with E-state index in [9.17, 15) is 9.59 Å². The maximum atomic E-state index is 12.7. The summed E-state index contributed by atoms with van der Waals surface area (Å²) in [6.45, 7) is 2.79. The van der Waals surface area contributed by atoms with Gasteiger partial charge in [-0.15, -0.1) is 0 Å². The molecule has 6 nitrogen and oxygen atoms in total. The summed E-state index contributed by atoms with van der Waals surface area (Å²) in [4.78, 5) is 33.1. The Kier molecular flexibility index (Phi) is 4.49. The summed E-state index contributed by atoms with van der Waals surface area (Å²) in [5.74, 6) is 0.223. The fourth-order valence-electron chi connectivity index (χ4n) is 4.24. The van der Waals surface area contributed by atoms with Crippen LogP contribution in [-0.4, -0.2) is 46.2 Å². The first-order valence-corrected chi connectivity index (χ1v) is 9.13. The second kappa shape index (κ2) is 6.94. The average Bonchev–Trinajstić information content (AvgIpc) is 3.20. The van der Waals surface area contributed by atoms with E-state index in [0.29, 0.717) is 31.6 Å². The fourth-order valence-corrected chi connectivity index (χ4v) is 4.24. The van der Waals surface area contributed by atoms with Crippen LogP contribution in [0.4, 0.5) is 0 Å². The van der Waals surface area contributed by atoms with E-state index in [2.05, 4.69) is 4.98 Å². The van der Waals surface area contributed by atoms with Crippen LogP contribution >= 0.6 is 0 Å². The molecular weight excluding hydrogens is 330 g/mol. The van der Waals surface area contributed by atoms with Gasteiger partial charge in [-0.1, -0.05) is 0 Å². The van der Waals surface area contributed by atoms with Crippen LogP contribution in [0.5, 0.6) is 0 Å². The standard InChI is InChI=1S/C20H23N3O3/c24-18-2-7-20(15-23(18)12-16-3-8-21-9-4-16)6-1-10-22(14-20)19(25)17-5-11-26-13-17/h3-5,8-9,11,13H,1-2,6-7,10,12,14-15H2/t20-/m1/s1. The molecule has 6 heteroatoms. The van der Waals surface area contributed by atoms with Gasteiger partial charge in [0.15, 0.2) is 0 Å². The van der Waals surface area contributed by atoms with Crippen molar-refractivity contribution in [3.8, 4) is 0 Å². The highest BCUT2D eigenvalue weighted by Crippen LogP contribution is 2.39. The van der Waals surface area contributed by atoms with Crippen molar-refractivity contribution < 1.29 is 14.0 Å². The molecule has 0 unspecified atom stereocenters. The molecule has 2 amide bonds. The number of furan rings is 1. The van der Waals surface area contributed by atoms with Gasteiger partial charge in [0, 0.05) is 50.4 Å². The summed E-state index contributed by atoms with van der Waals surface area (Å²) in [6, 6.07) is 5.61. The lowest BCUT2D eigenvalue weighted by molar-refractivity contribution is -0.139. The Bertz CT molecular complexity index is 775. The molecule has 0 radical (unpaired) electrons. The predicted octanol–water partition coefficient (Wildman–Crippen LogP) is 2.72. The molecule has 0 N–H and O–H groups in total. The van der Waals surface area contributed by atoms with Gasteiger partial charge in [0.25, 0.3) is 5.91 Å². The normalized spacial score (nSPS) is 23.5. The molecule has 4 heterocycles. The Morgan fingerprint density at radius 2 is 2.04 bits per heavy atom. The summed E-state index contributed by atoms with van der Waals surface area (Å²) >= 11 is 0. The second-order valence-corrected chi connectivity index (χ2v) is 7.45. The molecule has 136 valence electrons. The summed E-state index contributed by atoms with van der Waals surface area (Å²) in [5, 5.41) is 0. The van der Waals surface area contributed by atoms with Crippen molar-refractivity contribution in [2.75, 3.05) is 19.6 Å². The zero-order valence-corrected chi connectivity index (χ0v) is 14.8. The monoisotopic (exact) mass is 353 g/mol. The van der Waals surface area contributed by atoms with Gasteiger partial charge in [0.1, 0.15) is 6.26 Å².